The normalized spacial score (nSPS) is 14.5. The van der Waals surface area contributed by atoms with Crippen LogP contribution >= 0.6 is 0 Å². The van der Waals surface area contributed by atoms with Crippen molar-refractivity contribution >= 4 is 0 Å². The molecule has 0 atom stereocenters. The molecule has 1 heterocycles. The summed E-state index contributed by atoms with van der Waals surface area (Å²) in [6, 6.07) is 1.39. The fourth-order valence-corrected chi connectivity index (χ4v) is 2.33. The molecule has 0 N–H and O–H groups in total. The zero-order valence-corrected chi connectivity index (χ0v) is 9.06. The maximum Gasteiger partial charge on any atom is 0.418 e. The molecule has 2 rings (SSSR count). The van der Waals surface area contributed by atoms with E-state index in [9.17, 15) is 18.0 Å². The second-order valence-corrected chi connectivity index (χ2v) is 4.00. The number of rotatable bonds is 0. The minimum atomic E-state index is -4.65. The molecule has 0 radical (unpaired) electrons. The molecule has 1 aromatic rings. The molecular weight excluding hydrogens is 233 g/mol. The Kier molecular flexibility index (Phi) is 2.49. The minimum Gasteiger partial charge on any atom is -0.314 e. The smallest absolute Gasteiger partial charge is 0.314 e. The first-order valence-corrected chi connectivity index (χ1v) is 5.10. The van der Waals surface area contributed by atoms with Crippen molar-refractivity contribution < 1.29 is 13.2 Å². The first kappa shape index (κ1) is 11.7. The van der Waals surface area contributed by atoms with Crippen molar-refractivity contribution in [3.63, 3.8) is 0 Å². The summed E-state index contributed by atoms with van der Waals surface area (Å²) in [6.45, 7) is 0. The number of nitriles is 1. The lowest BCUT2D eigenvalue weighted by Crippen LogP contribution is -2.28. The van der Waals surface area contributed by atoms with E-state index in [1.54, 1.807) is 0 Å². The summed E-state index contributed by atoms with van der Waals surface area (Å²) in [7, 11) is 1.41. The van der Waals surface area contributed by atoms with Crippen LogP contribution < -0.4 is 5.56 Å². The van der Waals surface area contributed by atoms with Gasteiger partial charge >= 0.3 is 6.18 Å². The minimum absolute atomic E-state index is 0.108. The number of nitrogens with zero attached hydrogens (tertiary/aromatic N) is 2. The van der Waals surface area contributed by atoms with E-state index in [1.165, 1.54) is 13.1 Å². The van der Waals surface area contributed by atoms with E-state index in [0.717, 1.165) is 4.57 Å². The number of pyridine rings is 1. The second kappa shape index (κ2) is 3.62. The molecule has 1 aliphatic rings. The van der Waals surface area contributed by atoms with Crippen molar-refractivity contribution in [3.8, 4) is 6.07 Å². The fraction of sp³-hybridized carbons (Fsp3) is 0.455. The van der Waals surface area contributed by atoms with Gasteiger partial charge in [-0.2, -0.15) is 18.4 Å². The van der Waals surface area contributed by atoms with Gasteiger partial charge in [-0.15, -0.1) is 0 Å². The topological polar surface area (TPSA) is 45.8 Å². The molecule has 0 bridgehead atoms. The molecule has 0 amide bonds. The van der Waals surface area contributed by atoms with Gasteiger partial charge in [0.15, 0.2) is 0 Å². The van der Waals surface area contributed by atoms with Crippen LogP contribution in [0.5, 0.6) is 0 Å². The molecule has 90 valence electrons. The Labute approximate surface area is 95.1 Å². The van der Waals surface area contributed by atoms with Gasteiger partial charge in [0, 0.05) is 12.7 Å². The summed E-state index contributed by atoms with van der Waals surface area (Å²) in [4.78, 5) is 11.7. The van der Waals surface area contributed by atoms with Gasteiger partial charge < -0.3 is 4.57 Å². The Morgan fingerprint density at radius 3 is 2.53 bits per heavy atom. The molecule has 0 aliphatic heterocycles. The van der Waals surface area contributed by atoms with Gasteiger partial charge in [0.2, 0.25) is 0 Å². The van der Waals surface area contributed by atoms with Gasteiger partial charge in [0.25, 0.3) is 5.56 Å². The summed E-state index contributed by atoms with van der Waals surface area (Å²) >= 11 is 0. The van der Waals surface area contributed by atoms with E-state index in [4.69, 9.17) is 5.26 Å². The number of hydrogen-bond acceptors (Lipinski definition) is 2. The van der Waals surface area contributed by atoms with Gasteiger partial charge in [-0.05, 0) is 24.8 Å². The Hall–Kier alpha value is -1.77. The Morgan fingerprint density at radius 1 is 1.35 bits per heavy atom. The zero-order valence-electron chi connectivity index (χ0n) is 9.06. The standard InChI is InChI=1S/C11H9F3N2O/c1-16-8-4-2-3-6(8)9(11(12,13)14)7(5-15)10(16)17/h2-4H2,1H3. The van der Waals surface area contributed by atoms with Crippen LogP contribution in [-0.2, 0) is 26.1 Å². The number of aromatic nitrogens is 1. The predicted octanol–water partition coefficient (Wildman–Crippen LogP) is 1.76. The third-order valence-corrected chi connectivity index (χ3v) is 3.06. The molecule has 0 spiro atoms. The lowest BCUT2D eigenvalue weighted by atomic mass is 10.0. The first-order valence-electron chi connectivity index (χ1n) is 5.10. The van der Waals surface area contributed by atoms with Crippen LogP contribution in [0.25, 0.3) is 0 Å². The maximum atomic E-state index is 12.9. The third-order valence-electron chi connectivity index (χ3n) is 3.06. The van der Waals surface area contributed by atoms with E-state index in [2.05, 4.69) is 0 Å². The van der Waals surface area contributed by atoms with Gasteiger partial charge in [-0.3, -0.25) is 4.79 Å². The van der Waals surface area contributed by atoms with Crippen molar-refractivity contribution in [2.75, 3.05) is 0 Å². The molecule has 0 saturated heterocycles. The highest BCUT2D eigenvalue weighted by atomic mass is 19.4. The summed E-state index contributed by atoms with van der Waals surface area (Å²) in [5, 5.41) is 8.75. The van der Waals surface area contributed by atoms with Crippen LogP contribution in [0, 0.1) is 11.3 Å². The van der Waals surface area contributed by atoms with Crippen molar-refractivity contribution in [1.82, 2.24) is 4.57 Å². The van der Waals surface area contributed by atoms with Crippen LogP contribution in [0.1, 0.15) is 28.8 Å². The third kappa shape index (κ3) is 1.62. The average Bonchev–Trinajstić information content (AvgIpc) is 2.69. The molecule has 0 unspecified atom stereocenters. The van der Waals surface area contributed by atoms with Crippen LogP contribution in [0.4, 0.5) is 13.2 Å². The Morgan fingerprint density at radius 2 is 2.00 bits per heavy atom. The summed E-state index contributed by atoms with van der Waals surface area (Å²) in [5.41, 5.74) is -2.17. The number of fused-ring (bicyclic) bond motifs is 1. The van der Waals surface area contributed by atoms with Crippen molar-refractivity contribution in [3.05, 3.63) is 32.7 Å². The highest BCUT2D eigenvalue weighted by Gasteiger charge is 2.40. The fourth-order valence-electron chi connectivity index (χ4n) is 2.33. The van der Waals surface area contributed by atoms with E-state index in [-0.39, 0.29) is 12.0 Å². The van der Waals surface area contributed by atoms with Gasteiger partial charge in [-0.25, -0.2) is 0 Å². The molecular formula is C11H9F3N2O. The molecule has 17 heavy (non-hydrogen) atoms. The largest absolute Gasteiger partial charge is 0.418 e. The van der Waals surface area contributed by atoms with Crippen LogP contribution in [0.2, 0.25) is 0 Å². The predicted molar refractivity (Wildman–Crippen MR) is 53.4 cm³/mol. The van der Waals surface area contributed by atoms with E-state index < -0.39 is 22.9 Å². The zero-order chi connectivity index (χ0) is 12.8. The van der Waals surface area contributed by atoms with Crippen molar-refractivity contribution in [1.29, 1.82) is 5.26 Å². The van der Waals surface area contributed by atoms with E-state index in [1.807, 2.05) is 0 Å². The monoisotopic (exact) mass is 242 g/mol. The molecule has 1 aromatic heterocycles. The maximum absolute atomic E-state index is 12.9. The summed E-state index contributed by atoms with van der Waals surface area (Å²) in [5.74, 6) is 0. The Balaban J connectivity index is 2.92. The molecule has 0 aromatic carbocycles. The first-order chi connectivity index (χ1) is 7.88. The number of halogens is 3. The lowest BCUT2D eigenvalue weighted by Gasteiger charge is -2.16. The quantitative estimate of drug-likeness (QED) is 0.696. The van der Waals surface area contributed by atoms with E-state index in [0.29, 0.717) is 18.5 Å². The van der Waals surface area contributed by atoms with Crippen molar-refractivity contribution in [2.24, 2.45) is 7.05 Å². The number of alkyl halides is 3. The van der Waals surface area contributed by atoms with Crippen LogP contribution in [-0.4, -0.2) is 4.57 Å². The average molecular weight is 242 g/mol. The molecule has 3 nitrogen and oxygen atoms in total. The number of hydrogen-bond donors (Lipinski definition) is 0. The summed E-state index contributed by atoms with van der Waals surface area (Å²) in [6.07, 6.45) is -3.34. The molecule has 6 heteroatoms. The second-order valence-electron chi connectivity index (χ2n) is 4.00. The van der Waals surface area contributed by atoms with Gasteiger partial charge in [0.1, 0.15) is 11.6 Å². The van der Waals surface area contributed by atoms with Crippen LogP contribution in [0.3, 0.4) is 0 Å². The van der Waals surface area contributed by atoms with Crippen LogP contribution in [0.15, 0.2) is 4.79 Å². The lowest BCUT2D eigenvalue weighted by molar-refractivity contribution is -0.138. The molecule has 0 saturated carbocycles. The van der Waals surface area contributed by atoms with E-state index >= 15 is 0 Å². The highest BCUT2D eigenvalue weighted by Crippen LogP contribution is 2.37. The van der Waals surface area contributed by atoms with Gasteiger partial charge in [0.05, 0.1) is 5.56 Å². The molecule has 0 fully saturated rings. The SMILES string of the molecule is Cn1c2c(c(C(F)(F)F)c(C#N)c1=O)CCC2. The summed E-state index contributed by atoms with van der Waals surface area (Å²) < 4.78 is 39.9. The van der Waals surface area contributed by atoms with Crippen molar-refractivity contribution in [2.45, 2.75) is 25.4 Å². The highest BCUT2D eigenvalue weighted by molar-refractivity contribution is 5.47. The Bertz CT molecular complexity index is 578. The van der Waals surface area contributed by atoms with Gasteiger partial charge in [-0.1, -0.05) is 0 Å². The molecule has 1 aliphatic carbocycles.